The van der Waals surface area contributed by atoms with Gasteiger partial charge in [-0.15, -0.1) is 0 Å². The van der Waals surface area contributed by atoms with Crippen LogP contribution in [0.25, 0.3) is 0 Å². The maximum atomic E-state index is 13.1. The fourth-order valence-corrected chi connectivity index (χ4v) is 6.59. The minimum Gasteiger partial charge on any atom is -0.274 e. The number of amides is 2. The van der Waals surface area contributed by atoms with Gasteiger partial charge in [-0.2, -0.15) is 10.2 Å². The molecule has 5 heteroatoms. The number of hydrogen-bond acceptors (Lipinski definition) is 4. The standard InChI is InChI=1S/C19H19N3O2/c23-18-14-15(19(24)22(18)11-4-2-1-3-5-11)17-13-10-7-6-9(8-10)12(13)16(14)20-21-17/h1-5,9-10,12-17H,6-8H2/t9-,10+,12+,13-,14-,15+,16+,17-. The van der Waals surface area contributed by atoms with Crippen LogP contribution in [0.5, 0.6) is 0 Å². The molecular weight excluding hydrogens is 302 g/mol. The van der Waals surface area contributed by atoms with Crippen LogP contribution in [0.4, 0.5) is 5.69 Å². The number of imide groups is 1. The summed E-state index contributed by atoms with van der Waals surface area (Å²) < 4.78 is 0. The Morgan fingerprint density at radius 1 is 0.833 bits per heavy atom. The summed E-state index contributed by atoms with van der Waals surface area (Å²) in [6.07, 6.45) is 3.80. The van der Waals surface area contributed by atoms with Crippen LogP contribution >= 0.6 is 0 Å². The number of anilines is 1. The summed E-state index contributed by atoms with van der Waals surface area (Å²) in [5.74, 6) is 1.71. The Morgan fingerprint density at radius 3 is 1.92 bits per heavy atom. The Balaban J connectivity index is 1.45. The van der Waals surface area contributed by atoms with Crippen molar-refractivity contribution in [3.8, 4) is 0 Å². The number of rotatable bonds is 1. The summed E-state index contributed by atoms with van der Waals surface area (Å²) in [6, 6.07) is 9.20. The average Bonchev–Trinajstić information content (AvgIpc) is 3.31. The topological polar surface area (TPSA) is 62.1 Å². The number of benzene rings is 1. The maximum absolute atomic E-state index is 13.1. The molecule has 0 radical (unpaired) electrons. The van der Waals surface area contributed by atoms with Crippen LogP contribution < -0.4 is 4.90 Å². The molecule has 5 nitrogen and oxygen atoms in total. The Kier molecular flexibility index (Phi) is 2.39. The van der Waals surface area contributed by atoms with Crippen LogP contribution in [0.2, 0.25) is 0 Å². The molecule has 3 saturated carbocycles. The van der Waals surface area contributed by atoms with E-state index in [1.165, 1.54) is 24.2 Å². The lowest BCUT2D eigenvalue weighted by atomic mass is 9.58. The van der Waals surface area contributed by atoms with Crippen molar-refractivity contribution < 1.29 is 9.59 Å². The second kappa shape index (κ2) is 4.32. The summed E-state index contributed by atoms with van der Waals surface area (Å²) in [6.45, 7) is 0. The SMILES string of the molecule is O=C1[C@@H]2[C@@H]3N=N[C@H]([C@@H]2C(=O)N1c1ccccc1)[C@H]1[C@@H]2CC[C@@H](C2)[C@@H]31. The van der Waals surface area contributed by atoms with Gasteiger partial charge in [0.25, 0.3) is 0 Å². The van der Waals surface area contributed by atoms with Gasteiger partial charge in [-0.3, -0.25) is 9.59 Å². The molecule has 0 aromatic heterocycles. The molecule has 3 aliphatic carbocycles. The van der Waals surface area contributed by atoms with Crippen LogP contribution in [0.15, 0.2) is 40.6 Å². The zero-order valence-corrected chi connectivity index (χ0v) is 13.3. The van der Waals surface area contributed by atoms with Gasteiger partial charge in [0, 0.05) is 0 Å². The van der Waals surface area contributed by atoms with Crippen molar-refractivity contribution in [3.63, 3.8) is 0 Å². The molecule has 0 spiro atoms. The maximum Gasteiger partial charge on any atom is 0.240 e. The first kappa shape index (κ1) is 13.3. The molecule has 4 bridgehead atoms. The smallest absolute Gasteiger partial charge is 0.240 e. The van der Waals surface area contributed by atoms with E-state index in [9.17, 15) is 9.59 Å². The van der Waals surface area contributed by atoms with Gasteiger partial charge in [-0.05, 0) is 55.1 Å². The van der Waals surface area contributed by atoms with Gasteiger partial charge in [-0.25, -0.2) is 4.90 Å². The highest BCUT2D eigenvalue weighted by atomic mass is 16.2. The Labute approximate surface area is 140 Å². The first-order valence-corrected chi connectivity index (χ1v) is 9.08. The molecule has 4 fully saturated rings. The Morgan fingerprint density at radius 2 is 1.38 bits per heavy atom. The van der Waals surface area contributed by atoms with Gasteiger partial charge in [0.15, 0.2) is 0 Å². The Bertz CT molecular complexity index is 732. The fourth-order valence-electron chi connectivity index (χ4n) is 6.59. The zero-order chi connectivity index (χ0) is 16.0. The van der Waals surface area contributed by atoms with Gasteiger partial charge >= 0.3 is 0 Å². The molecule has 1 aromatic carbocycles. The van der Waals surface area contributed by atoms with Crippen molar-refractivity contribution in [2.24, 2.45) is 45.7 Å². The third-order valence-electron chi connectivity index (χ3n) is 7.32. The first-order chi connectivity index (χ1) is 11.8. The lowest BCUT2D eigenvalue weighted by Gasteiger charge is -2.49. The molecule has 6 aliphatic rings. The molecule has 1 aromatic rings. The molecular formula is C19H19N3O2. The third kappa shape index (κ3) is 1.39. The predicted octanol–water partition coefficient (Wildman–Crippen LogP) is 2.67. The van der Waals surface area contributed by atoms with Crippen molar-refractivity contribution in [1.29, 1.82) is 0 Å². The van der Waals surface area contributed by atoms with Crippen molar-refractivity contribution in [2.45, 2.75) is 31.3 Å². The summed E-state index contributed by atoms with van der Waals surface area (Å²) in [4.78, 5) is 27.7. The molecule has 7 rings (SSSR count). The van der Waals surface area contributed by atoms with Crippen LogP contribution in [0.1, 0.15) is 19.3 Å². The lowest BCUT2D eigenvalue weighted by molar-refractivity contribution is -0.128. The van der Waals surface area contributed by atoms with Crippen LogP contribution in [0.3, 0.4) is 0 Å². The van der Waals surface area contributed by atoms with E-state index in [4.69, 9.17) is 0 Å². The molecule has 2 amide bonds. The summed E-state index contributed by atoms with van der Waals surface area (Å²) in [5, 5.41) is 9.08. The molecule has 24 heavy (non-hydrogen) atoms. The number of fused-ring (bicyclic) bond motifs is 2. The number of para-hydroxylation sites is 1. The number of carbonyl (C=O) groups excluding carboxylic acids is 2. The highest BCUT2D eigenvalue weighted by molar-refractivity contribution is 6.22. The van der Waals surface area contributed by atoms with Gasteiger partial charge in [0.05, 0.1) is 29.6 Å². The molecule has 3 aliphatic heterocycles. The summed E-state index contributed by atoms with van der Waals surface area (Å²) in [7, 11) is 0. The highest BCUT2D eigenvalue weighted by Gasteiger charge is 2.69. The average molecular weight is 321 g/mol. The number of carbonyl (C=O) groups is 2. The van der Waals surface area contributed by atoms with Gasteiger partial charge in [0.2, 0.25) is 11.8 Å². The number of azo groups is 1. The van der Waals surface area contributed by atoms with E-state index in [0.717, 1.165) is 0 Å². The summed E-state index contributed by atoms with van der Waals surface area (Å²) >= 11 is 0. The molecule has 1 saturated heterocycles. The molecule has 3 heterocycles. The van der Waals surface area contributed by atoms with Crippen molar-refractivity contribution in [2.75, 3.05) is 4.90 Å². The van der Waals surface area contributed by atoms with E-state index < -0.39 is 0 Å². The fraction of sp³-hybridized carbons (Fsp3) is 0.579. The van der Waals surface area contributed by atoms with E-state index in [2.05, 4.69) is 10.2 Å². The minimum atomic E-state index is -0.277. The molecule has 122 valence electrons. The predicted molar refractivity (Wildman–Crippen MR) is 86.2 cm³/mol. The molecule has 0 unspecified atom stereocenters. The van der Waals surface area contributed by atoms with Gasteiger partial charge < -0.3 is 0 Å². The van der Waals surface area contributed by atoms with Crippen LogP contribution in [-0.4, -0.2) is 23.9 Å². The third-order valence-corrected chi connectivity index (χ3v) is 7.32. The first-order valence-electron chi connectivity index (χ1n) is 9.08. The lowest BCUT2D eigenvalue weighted by Crippen LogP contribution is -2.56. The molecule has 0 N–H and O–H groups in total. The largest absolute Gasteiger partial charge is 0.274 e. The Hall–Kier alpha value is -2.04. The zero-order valence-electron chi connectivity index (χ0n) is 13.3. The summed E-state index contributed by atoms with van der Waals surface area (Å²) in [5.41, 5.74) is 0.689. The number of hydrogen-bond donors (Lipinski definition) is 0. The van der Waals surface area contributed by atoms with E-state index in [-0.39, 0.29) is 35.7 Å². The van der Waals surface area contributed by atoms with Gasteiger partial charge in [0.1, 0.15) is 0 Å². The second-order valence-electron chi connectivity index (χ2n) is 8.10. The highest BCUT2D eigenvalue weighted by Crippen LogP contribution is 2.64. The quantitative estimate of drug-likeness (QED) is 0.747. The van der Waals surface area contributed by atoms with Crippen molar-refractivity contribution >= 4 is 17.5 Å². The van der Waals surface area contributed by atoms with Crippen LogP contribution in [-0.2, 0) is 9.59 Å². The van der Waals surface area contributed by atoms with E-state index in [0.29, 0.717) is 29.4 Å². The second-order valence-corrected chi connectivity index (χ2v) is 8.10. The van der Waals surface area contributed by atoms with E-state index in [1.807, 2.05) is 30.3 Å². The minimum absolute atomic E-state index is 0.0499. The van der Waals surface area contributed by atoms with Gasteiger partial charge in [-0.1, -0.05) is 18.2 Å². The molecule has 8 atom stereocenters. The monoisotopic (exact) mass is 321 g/mol. The van der Waals surface area contributed by atoms with E-state index >= 15 is 0 Å². The van der Waals surface area contributed by atoms with Crippen molar-refractivity contribution in [1.82, 2.24) is 0 Å². The number of nitrogens with zero attached hydrogens (tertiary/aromatic N) is 3. The van der Waals surface area contributed by atoms with E-state index in [1.54, 1.807) is 0 Å². The van der Waals surface area contributed by atoms with Crippen LogP contribution in [0, 0.1) is 35.5 Å². The normalized spacial score (nSPS) is 47.4. The van der Waals surface area contributed by atoms with Crippen molar-refractivity contribution in [3.05, 3.63) is 30.3 Å².